The van der Waals surface area contributed by atoms with E-state index >= 15 is 0 Å². The summed E-state index contributed by atoms with van der Waals surface area (Å²) < 4.78 is 5.31. The maximum atomic E-state index is 12.3. The van der Waals surface area contributed by atoms with Crippen molar-refractivity contribution < 1.29 is 19.4 Å². The van der Waals surface area contributed by atoms with Crippen LogP contribution in [0.5, 0.6) is 5.75 Å². The van der Waals surface area contributed by atoms with Crippen LogP contribution in [0, 0.1) is 6.92 Å². The summed E-state index contributed by atoms with van der Waals surface area (Å²) >= 11 is 0. The summed E-state index contributed by atoms with van der Waals surface area (Å²) in [7, 11) is 0. The van der Waals surface area contributed by atoms with Crippen LogP contribution in [0.1, 0.15) is 23.6 Å². The maximum absolute atomic E-state index is 12.3. The molecule has 2 aromatic rings. The molecule has 5 heteroatoms. The van der Waals surface area contributed by atoms with Gasteiger partial charge in [-0.2, -0.15) is 0 Å². The van der Waals surface area contributed by atoms with E-state index in [4.69, 9.17) is 4.74 Å². The van der Waals surface area contributed by atoms with Crippen molar-refractivity contribution in [2.24, 2.45) is 0 Å². The number of amides is 1. The van der Waals surface area contributed by atoms with Crippen LogP contribution in [0.2, 0.25) is 0 Å². The van der Waals surface area contributed by atoms with E-state index in [0.29, 0.717) is 12.0 Å². The average molecular weight is 327 g/mol. The summed E-state index contributed by atoms with van der Waals surface area (Å²) in [5.74, 6) is -0.589. The van der Waals surface area contributed by atoms with Crippen LogP contribution in [0.4, 0.5) is 0 Å². The first-order valence-electron chi connectivity index (χ1n) is 7.72. The summed E-state index contributed by atoms with van der Waals surface area (Å²) in [6.45, 7) is 3.30. The molecule has 2 N–H and O–H groups in total. The Morgan fingerprint density at radius 2 is 1.83 bits per heavy atom. The fourth-order valence-electron chi connectivity index (χ4n) is 2.35. The Hall–Kier alpha value is -2.82. The lowest BCUT2D eigenvalue weighted by Gasteiger charge is -2.17. The second-order valence-corrected chi connectivity index (χ2v) is 5.67. The average Bonchev–Trinajstić information content (AvgIpc) is 2.56. The van der Waals surface area contributed by atoms with E-state index in [1.807, 2.05) is 30.3 Å². The van der Waals surface area contributed by atoms with Crippen LogP contribution in [-0.2, 0) is 27.4 Å². The molecule has 0 radical (unpaired) electrons. The largest absolute Gasteiger partial charge is 0.508 e. The molecule has 2 aromatic carbocycles. The summed E-state index contributed by atoms with van der Waals surface area (Å²) in [4.78, 5) is 23.7. The Balaban J connectivity index is 2.04. The number of aryl methyl sites for hydroxylation is 1. The van der Waals surface area contributed by atoms with E-state index in [1.165, 1.54) is 6.92 Å². The van der Waals surface area contributed by atoms with Crippen molar-refractivity contribution in [3.05, 3.63) is 65.2 Å². The number of hydrogen-bond donors (Lipinski definition) is 2. The van der Waals surface area contributed by atoms with Gasteiger partial charge in [-0.1, -0.05) is 42.5 Å². The van der Waals surface area contributed by atoms with Gasteiger partial charge in [0.2, 0.25) is 5.91 Å². The Bertz CT molecular complexity index is 713. The highest BCUT2D eigenvalue weighted by atomic mass is 16.5. The standard InChI is InChI=1S/C19H21NO4/c1-13-10-16(8-9-18(13)22)11-17(20-14(2)21)19(23)24-12-15-6-4-3-5-7-15/h3-10,17,22H,11-12H2,1-2H3,(H,20,21). The first-order chi connectivity index (χ1) is 11.5. The highest BCUT2D eigenvalue weighted by Crippen LogP contribution is 2.18. The van der Waals surface area contributed by atoms with Crippen molar-refractivity contribution in [2.45, 2.75) is 32.9 Å². The van der Waals surface area contributed by atoms with Crippen LogP contribution in [0.25, 0.3) is 0 Å². The first-order valence-corrected chi connectivity index (χ1v) is 7.72. The Kier molecular flexibility index (Phi) is 5.95. The first kappa shape index (κ1) is 17.5. The molecule has 0 aromatic heterocycles. The van der Waals surface area contributed by atoms with E-state index in [-0.39, 0.29) is 18.3 Å². The minimum atomic E-state index is -0.768. The van der Waals surface area contributed by atoms with Gasteiger partial charge in [-0.05, 0) is 29.7 Å². The molecule has 1 amide bonds. The molecule has 0 aliphatic heterocycles. The van der Waals surface area contributed by atoms with Gasteiger partial charge in [0.05, 0.1) is 0 Å². The molecule has 0 spiro atoms. The zero-order chi connectivity index (χ0) is 17.5. The summed E-state index contributed by atoms with van der Waals surface area (Å²) in [6.07, 6.45) is 0.300. The number of hydrogen-bond acceptors (Lipinski definition) is 4. The fraction of sp³-hybridized carbons (Fsp3) is 0.263. The summed E-state index contributed by atoms with van der Waals surface area (Å²) in [5.41, 5.74) is 2.43. The molecule has 0 fully saturated rings. The number of aromatic hydroxyl groups is 1. The van der Waals surface area contributed by atoms with Crippen molar-refractivity contribution in [3.8, 4) is 5.75 Å². The van der Waals surface area contributed by atoms with Gasteiger partial charge in [-0.15, -0.1) is 0 Å². The van der Waals surface area contributed by atoms with E-state index in [1.54, 1.807) is 25.1 Å². The predicted octanol–water partition coefficient (Wildman–Crippen LogP) is 2.49. The molecule has 0 heterocycles. The van der Waals surface area contributed by atoms with Crippen LogP contribution in [0.3, 0.4) is 0 Å². The highest BCUT2D eigenvalue weighted by molar-refractivity contribution is 5.83. The van der Waals surface area contributed by atoms with Gasteiger partial charge in [-0.25, -0.2) is 4.79 Å². The molecule has 126 valence electrons. The molecular weight excluding hydrogens is 306 g/mol. The van der Waals surface area contributed by atoms with Gasteiger partial charge in [0.15, 0.2) is 0 Å². The minimum Gasteiger partial charge on any atom is -0.508 e. The van der Waals surface area contributed by atoms with Gasteiger partial charge in [0, 0.05) is 13.3 Å². The molecule has 0 bridgehead atoms. The Morgan fingerprint density at radius 3 is 2.46 bits per heavy atom. The molecule has 2 rings (SSSR count). The summed E-state index contributed by atoms with van der Waals surface area (Å²) in [6, 6.07) is 13.7. The normalized spacial score (nSPS) is 11.6. The zero-order valence-electron chi connectivity index (χ0n) is 13.8. The smallest absolute Gasteiger partial charge is 0.329 e. The maximum Gasteiger partial charge on any atom is 0.329 e. The van der Waals surface area contributed by atoms with Gasteiger partial charge < -0.3 is 15.2 Å². The quantitative estimate of drug-likeness (QED) is 0.799. The fourth-order valence-corrected chi connectivity index (χ4v) is 2.35. The van der Waals surface area contributed by atoms with Crippen LogP contribution in [-0.4, -0.2) is 23.0 Å². The molecule has 24 heavy (non-hydrogen) atoms. The lowest BCUT2D eigenvalue weighted by atomic mass is 10.0. The van der Waals surface area contributed by atoms with E-state index in [0.717, 1.165) is 11.1 Å². The number of phenolic OH excluding ortho intramolecular Hbond substituents is 1. The van der Waals surface area contributed by atoms with Gasteiger partial charge in [0.1, 0.15) is 18.4 Å². The Labute approximate surface area is 141 Å². The second kappa shape index (κ2) is 8.15. The monoisotopic (exact) mass is 327 g/mol. The van der Waals surface area contributed by atoms with Crippen molar-refractivity contribution >= 4 is 11.9 Å². The lowest BCUT2D eigenvalue weighted by molar-refractivity contribution is -0.149. The SMILES string of the molecule is CC(=O)NC(Cc1ccc(O)c(C)c1)C(=O)OCc1ccccc1. The molecule has 0 aliphatic carbocycles. The second-order valence-electron chi connectivity index (χ2n) is 5.67. The molecule has 1 unspecified atom stereocenters. The molecule has 1 atom stereocenters. The number of phenols is 1. The number of carbonyl (C=O) groups is 2. The Morgan fingerprint density at radius 1 is 1.12 bits per heavy atom. The van der Waals surface area contributed by atoms with Gasteiger partial charge in [0.25, 0.3) is 0 Å². The van der Waals surface area contributed by atoms with Gasteiger partial charge >= 0.3 is 5.97 Å². The minimum absolute atomic E-state index is 0.157. The molecule has 5 nitrogen and oxygen atoms in total. The highest BCUT2D eigenvalue weighted by Gasteiger charge is 2.22. The number of rotatable bonds is 6. The van der Waals surface area contributed by atoms with Crippen molar-refractivity contribution in [1.82, 2.24) is 5.32 Å². The number of nitrogens with one attached hydrogen (secondary N) is 1. The van der Waals surface area contributed by atoms with Crippen LogP contribution >= 0.6 is 0 Å². The summed E-state index contributed by atoms with van der Waals surface area (Å²) in [5, 5.41) is 12.2. The number of ether oxygens (including phenoxy) is 1. The van der Waals surface area contributed by atoms with Crippen LogP contribution in [0.15, 0.2) is 48.5 Å². The van der Waals surface area contributed by atoms with E-state index in [9.17, 15) is 14.7 Å². The third-order valence-electron chi connectivity index (χ3n) is 3.59. The molecule has 0 saturated carbocycles. The van der Waals surface area contributed by atoms with Crippen molar-refractivity contribution in [1.29, 1.82) is 0 Å². The third kappa shape index (κ3) is 5.12. The third-order valence-corrected chi connectivity index (χ3v) is 3.59. The van der Waals surface area contributed by atoms with Crippen molar-refractivity contribution in [2.75, 3.05) is 0 Å². The lowest BCUT2D eigenvalue weighted by Crippen LogP contribution is -2.42. The number of carbonyl (C=O) groups excluding carboxylic acids is 2. The topological polar surface area (TPSA) is 75.6 Å². The van der Waals surface area contributed by atoms with E-state index in [2.05, 4.69) is 5.32 Å². The predicted molar refractivity (Wildman–Crippen MR) is 90.4 cm³/mol. The van der Waals surface area contributed by atoms with Gasteiger partial charge in [-0.3, -0.25) is 4.79 Å². The molecule has 0 saturated heterocycles. The zero-order valence-corrected chi connectivity index (χ0v) is 13.8. The number of benzene rings is 2. The molecular formula is C19H21NO4. The van der Waals surface area contributed by atoms with E-state index < -0.39 is 12.0 Å². The van der Waals surface area contributed by atoms with Crippen LogP contribution < -0.4 is 5.32 Å². The molecule has 0 aliphatic rings. The number of esters is 1. The van der Waals surface area contributed by atoms with Crippen molar-refractivity contribution in [3.63, 3.8) is 0 Å².